The highest BCUT2D eigenvalue weighted by Gasteiger charge is 2.13. The van der Waals surface area contributed by atoms with Crippen LogP contribution in [0.25, 0.3) is 0 Å². The van der Waals surface area contributed by atoms with Gasteiger partial charge in [-0.3, -0.25) is 4.79 Å². The van der Waals surface area contributed by atoms with Crippen molar-refractivity contribution in [1.29, 1.82) is 0 Å². The molecule has 1 aromatic heterocycles. The summed E-state index contributed by atoms with van der Waals surface area (Å²) >= 11 is 1.67. The summed E-state index contributed by atoms with van der Waals surface area (Å²) < 4.78 is 0. The van der Waals surface area contributed by atoms with E-state index in [0.717, 1.165) is 35.9 Å². The second-order valence-corrected chi connectivity index (χ2v) is 5.79. The molecule has 1 unspecified atom stereocenters. The van der Waals surface area contributed by atoms with Crippen molar-refractivity contribution in [2.45, 2.75) is 44.7 Å². The molecule has 0 bridgehead atoms. The van der Waals surface area contributed by atoms with E-state index in [0.29, 0.717) is 0 Å². The Hall–Kier alpha value is -1.07. The fourth-order valence-corrected chi connectivity index (χ4v) is 2.86. The molecule has 1 rings (SSSR count). The molecule has 0 saturated carbocycles. The third-order valence-electron chi connectivity index (χ3n) is 2.71. The number of nitrogens with two attached hydrogens (primary N) is 1. The van der Waals surface area contributed by atoms with Gasteiger partial charge < -0.3 is 11.1 Å². The number of nitrogens with zero attached hydrogens (tertiary/aromatic N) is 1. The molecule has 0 spiro atoms. The fourth-order valence-electron chi connectivity index (χ4n) is 1.82. The third kappa shape index (κ3) is 6.07. The molecule has 3 N–H and O–H groups in total. The lowest BCUT2D eigenvalue weighted by Crippen LogP contribution is -2.41. The van der Waals surface area contributed by atoms with Gasteiger partial charge in [-0.25, -0.2) is 4.98 Å². The predicted molar refractivity (Wildman–Crippen MR) is 80.3 cm³/mol. The number of aromatic nitrogens is 1. The summed E-state index contributed by atoms with van der Waals surface area (Å²) in [5, 5.41) is 4.18. The van der Waals surface area contributed by atoms with E-state index in [1.54, 1.807) is 11.8 Å². The second-order valence-electron chi connectivity index (χ2n) is 4.67. The Morgan fingerprint density at radius 2 is 2.21 bits per heavy atom. The molecule has 1 atom stereocenters. The summed E-state index contributed by atoms with van der Waals surface area (Å²) in [6.07, 6.45) is 1.73. The van der Waals surface area contributed by atoms with Gasteiger partial charge in [0.2, 0.25) is 5.91 Å². The van der Waals surface area contributed by atoms with Crippen LogP contribution in [0, 0.1) is 13.8 Å². The Labute approximate surface area is 119 Å². The van der Waals surface area contributed by atoms with E-state index in [1.807, 2.05) is 6.92 Å². The molecule has 1 heterocycles. The Balaban J connectivity index is 2.44. The molecule has 0 aliphatic heterocycles. The molecule has 106 valence electrons. The van der Waals surface area contributed by atoms with Gasteiger partial charge in [0, 0.05) is 11.4 Å². The summed E-state index contributed by atoms with van der Waals surface area (Å²) in [6.45, 7) is 6.94. The maximum absolute atomic E-state index is 11.3. The molecule has 4 nitrogen and oxygen atoms in total. The first-order chi connectivity index (χ1) is 9.02. The van der Waals surface area contributed by atoms with E-state index >= 15 is 0 Å². The average Bonchev–Trinajstić information content (AvgIpc) is 2.31. The zero-order valence-electron chi connectivity index (χ0n) is 11.9. The van der Waals surface area contributed by atoms with Gasteiger partial charge in [-0.15, -0.1) is 11.8 Å². The quantitative estimate of drug-likeness (QED) is 0.716. The van der Waals surface area contributed by atoms with Crippen molar-refractivity contribution >= 4 is 17.7 Å². The number of hydrogen-bond acceptors (Lipinski definition) is 4. The topological polar surface area (TPSA) is 68.0 Å². The van der Waals surface area contributed by atoms with Gasteiger partial charge >= 0.3 is 0 Å². The Kier molecular flexibility index (Phi) is 6.87. The van der Waals surface area contributed by atoms with Gasteiger partial charge in [0.25, 0.3) is 0 Å². The first kappa shape index (κ1) is 16.0. The van der Waals surface area contributed by atoms with Crippen molar-refractivity contribution < 1.29 is 4.79 Å². The molecule has 19 heavy (non-hydrogen) atoms. The number of carbonyl (C=O) groups is 1. The summed E-state index contributed by atoms with van der Waals surface area (Å²) in [7, 11) is 0. The van der Waals surface area contributed by atoms with E-state index in [4.69, 9.17) is 5.73 Å². The normalized spacial score (nSPS) is 12.4. The Morgan fingerprint density at radius 3 is 2.79 bits per heavy atom. The number of aryl methyl sites for hydroxylation is 2. The van der Waals surface area contributed by atoms with Crippen LogP contribution in [0.1, 0.15) is 31.0 Å². The van der Waals surface area contributed by atoms with E-state index in [1.165, 1.54) is 5.56 Å². The molecular weight excluding hydrogens is 258 g/mol. The highest BCUT2D eigenvalue weighted by Crippen LogP contribution is 2.19. The first-order valence-electron chi connectivity index (χ1n) is 6.63. The molecular formula is C14H23N3OS. The van der Waals surface area contributed by atoms with Crippen LogP contribution in [-0.2, 0) is 4.79 Å². The molecule has 0 aliphatic carbocycles. The van der Waals surface area contributed by atoms with Crippen LogP contribution < -0.4 is 11.1 Å². The zero-order chi connectivity index (χ0) is 14.3. The lowest BCUT2D eigenvalue weighted by Gasteiger charge is -2.14. The number of primary amides is 1. The van der Waals surface area contributed by atoms with Crippen molar-refractivity contribution in [3.8, 4) is 0 Å². The first-order valence-corrected chi connectivity index (χ1v) is 7.62. The molecule has 0 aliphatic rings. The third-order valence-corrected chi connectivity index (χ3v) is 3.66. The van der Waals surface area contributed by atoms with Crippen LogP contribution in [-0.4, -0.2) is 29.2 Å². The Morgan fingerprint density at radius 1 is 1.47 bits per heavy atom. The molecule has 1 aromatic rings. The van der Waals surface area contributed by atoms with Crippen molar-refractivity contribution in [1.82, 2.24) is 10.3 Å². The molecule has 0 saturated heterocycles. The molecule has 1 amide bonds. The van der Waals surface area contributed by atoms with Gasteiger partial charge in [-0.05, 0) is 50.9 Å². The predicted octanol–water partition coefficient (Wildman–Crippen LogP) is 2.03. The number of thioether (sulfide) groups is 1. The number of pyridine rings is 1. The van der Waals surface area contributed by atoms with Crippen molar-refractivity contribution in [3.63, 3.8) is 0 Å². The van der Waals surface area contributed by atoms with Crippen molar-refractivity contribution in [3.05, 3.63) is 23.4 Å². The van der Waals surface area contributed by atoms with Crippen molar-refractivity contribution in [2.24, 2.45) is 5.73 Å². The summed E-state index contributed by atoms with van der Waals surface area (Å²) in [5.41, 5.74) is 7.62. The molecule has 0 aromatic carbocycles. The van der Waals surface area contributed by atoms with Crippen LogP contribution in [0.5, 0.6) is 0 Å². The summed E-state index contributed by atoms with van der Waals surface area (Å²) in [4.78, 5) is 15.8. The van der Waals surface area contributed by atoms with E-state index in [9.17, 15) is 4.79 Å². The molecule has 0 fully saturated rings. The maximum atomic E-state index is 11.3. The maximum Gasteiger partial charge on any atom is 0.234 e. The number of hydrogen-bond donors (Lipinski definition) is 2. The minimum atomic E-state index is -0.276. The SMILES string of the molecule is CCCNC(CCSc1cc(C)cc(C)n1)C(N)=O. The minimum absolute atomic E-state index is 0.238. The van der Waals surface area contributed by atoms with Gasteiger partial charge in [-0.1, -0.05) is 6.92 Å². The van der Waals surface area contributed by atoms with Crippen molar-refractivity contribution in [2.75, 3.05) is 12.3 Å². The monoisotopic (exact) mass is 281 g/mol. The number of amides is 1. The minimum Gasteiger partial charge on any atom is -0.368 e. The average molecular weight is 281 g/mol. The number of rotatable bonds is 8. The van der Waals surface area contributed by atoms with Crippen LogP contribution in [0.3, 0.4) is 0 Å². The molecule has 0 radical (unpaired) electrons. The second kappa shape index (κ2) is 8.17. The van der Waals surface area contributed by atoms with Crippen LogP contribution in [0.2, 0.25) is 0 Å². The largest absolute Gasteiger partial charge is 0.368 e. The van der Waals surface area contributed by atoms with Crippen LogP contribution >= 0.6 is 11.8 Å². The number of nitrogens with one attached hydrogen (secondary N) is 1. The zero-order valence-corrected chi connectivity index (χ0v) is 12.7. The lowest BCUT2D eigenvalue weighted by atomic mass is 10.2. The van der Waals surface area contributed by atoms with Gasteiger partial charge in [0.15, 0.2) is 0 Å². The highest BCUT2D eigenvalue weighted by molar-refractivity contribution is 7.99. The van der Waals surface area contributed by atoms with E-state index in [2.05, 4.69) is 36.3 Å². The summed E-state index contributed by atoms with van der Waals surface area (Å²) in [5.74, 6) is 0.558. The van der Waals surface area contributed by atoms with E-state index < -0.39 is 0 Å². The molecule has 5 heteroatoms. The summed E-state index contributed by atoms with van der Waals surface area (Å²) in [6, 6.07) is 3.88. The van der Waals surface area contributed by atoms with Gasteiger partial charge in [0.05, 0.1) is 11.1 Å². The van der Waals surface area contributed by atoms with Crippen LogP contribution in [0.4, 0.5) is 0 Å². The number of carbonyl (C=O) groups excluding carboxylic acids is 1. The standard InChI is InChI=1S/C14H23N3OS/c1-4-6-16-12(14(15)18)5-7-19-13-9-10(2)8-11(3)17-13/h8-9,12,16H,4-7H2,1-3H3,(H2,15,18). The Bertz CT molecular complexity index is 403. The smallest absolute Gasteiger partial charge is 0.234 e. The van der Waals surface area contributed by atoms with Gasteiger partial charge in [0.1, 0.15) is 0 Å². The lowest BCUT2D eigenvalue weighted by molar-refractivity contribution is -0.120. The van der Waals surface area contributed by atoms with Crippen LogP contribution in [0.15, 0.2) is 17.2 Å². The van der Waals surface area contributed by atoms with Gasteiger partial charge in [-0.2, -0.15) is 0 Å². The van der Waals surface area contributed by atoms with E-state index in [-0.39, 0.29) is 11.9 Å². The fraction of sp³-hybridized carbons (Fsp3) is 0.571. The highest BCUT2D eigenvalue weighted by atomic mass is 32.2.